The number of fused-ring (bicyclic) bond motifs is 5. The van der Waals surface area contributed by atoms with E-state index in [0.29, 0.717) is 48.8 Å². The van der Waals surface area contributed by atoms with Crippen LogP contribution in [0.3, 0.4) is 0 Å². The maximum absolute atomic E-state index is 16.0. The number of nitrogens with zero attached hydrogens (tertiary/aromatic N) is 4. The number of halogens is 1. The summed E-state index contributed by atoms with van der Waals surface area (Å²) in [6, 6.07) is 12.7. The lowest BCUT2D eigenvalue weighted by Gasteiger charge is -2.32. The highest BCUT2D eigenvalue weighted by molar-refractivity contribution is 6.07. The number of nitrogens with one attached hydrogen (secondary N) is 2. The molecule has 256 valence electrons. The predicted octanol–water partition coefficient (Wildman–Crippen LogP) is 4.98. The molecule has 0 unspecified atom stereocenters. The number of para-hydroxylation sites is 1. The van der Waals surface area contributed by atoms with Crippen LogP contribution < -0.4 is 20.8 Å². The van der Waals surface area contributed by atoms with Crippen molar-refractivity contribution >= 4 is 44.4 Å². The number of hydrogen-bond acceptors (Lipinski definition) is 9. The van der Waals surface area contributed by atoms with E-state index in [4.69, 9.17) is 13.9 Å². The first-order chi connectivity index (χ1) is 23.9. The van der Waals surface area contributed by atoms with Crippen LogP contribution in [0.2, 0.25) is 0 Å². The molecular formula is C37H41FN6O5. The molecule has 0 radical (unpaired) electrons. The summed E-state index contributed by atoms with van der Waals surface area (Å²) in [6.07, 6.45) is 4.06. The van der Waals surface area contributed by atoms with Crippen LogP contribution in [-0.4, -0.2) is 104 Å². The second kappa shape index (κ2) is 13.4. The van der Waals surface area contributed by atoms with E-state index in [2.05, 4.69) is 32.4 Å². The lowest BCUT2D eigenvalue weighted by molar-refractivity contribution is -0.0134. The summed E-state index contributed by atoms with van der Waals surface area (Å²) < 4.78 is 36.0. The van der Waals surface area contributed by atoms with Crippen LogP contribution in [0.5, 0.6) is 11.5 Å². The normalized spacial score (nSPS) is 17.0. The van der Waals surface area contributed by atoms with Gasteiger partial charge in [-0.3, -0.25) is 14.5 Å². The molecule has 2 saturated heterocycles. The molecule has 49 heavy (non-hydrogen) atoms. The maximum atomic E-state index is 16.0. The molecule has 11 nitrogen and oxygen atoms in total. The molecule has 5 aromatic rings. The molecule has 5 heterocycles. The minimum Gasteiger partial charge on any atom is -0.456 e. The van der Waals surface area contributed by atoms with Crippen LogP contribution in [0.25, 0.3) is 38.5 Å². The highest BCUT2D eigenvalue weighted by Crippen LogP contribution is 2.47. The number of rotatable bonds is 10. The largest absolute Gasteiger partial charge is 0.456 e. The average molecular weight is 669 g/mol. The van der Waals surface area contributed by atoms with Gasteiger partial charge in [0.15, 0.2) is 17.3 Å². The summed E-state index contributed by atoms with van der Waals surface area (Å²) in [7, 11) is 2.13. The first kappa shape index (κ1) is 31.8. The van der Waals surface area contributed by atoms with Crippen LogP contribution >= 0.6 is 0 Å². The van der Waals surface area contributed by atoms with Gasteiger partial charge in [0.1, 0.15) is 27.9 Å². The molecule has 3 aromatic carbocycles. The maximum Gasteiger partial charge on any atom is 0.256 e. The third-order valence-electron chi connectivity index (χ3n) is 9.89. The predicted molar refractivity (Wildman–Crippen MR) is 188 cm³/mol. The van der Waals surface area contributed by atoms with Crippen molar-refractivity contribution in [2.45, 2.75) is 19.3 Å². The highest BCUT2D eigenvalue weighted by Gasteiger charge is 2.29. The summed E-state index contributed by atoms with van der Waals surface area (Å²) >= 11 is 0. The minimum absolute atomic E-state index is 0.0652. The van der Waals surface area contributed by atoms with E-state index in [1.54, 1.807) is 10.8 Å². The van der Waals surface area contributed by atoms with Gasteiger partial charge in [-0.05, 0) is 51.1 Å². The average Bonchev–Trinajstić information content (AvgIpc) is 3.48. The zero-order valence-electron chi connectivity index (χ0n) is 27.7. The standard InChI is InChI=1S/C37H41FN6O5/c1-41-14-16-42(17-15-41)11-4-9-39-33-28(38)19-26-34-36(33)49-32-20-25-24-7-2-3-8-30(24)48-31(25)21-29(32)44(34)22-27(35(26)45)37(46)40-10-5-12-43-13-6-18-47-23-43/h2-3,7-8,19-22,39H,4-6,9-18,23H2,1H3,(H,40,46). The Hall–Kier alpha value is -4.49. The van der Waals surface area contributed by atoms with Crippen molar-refractivity contribution in [1.82, 2.24) is 24.6 Å². The van der Waals surface area contributed by atoms with Crippen LogP contribution in [0.4, 0.5) is 10.1 Å². The second-order valence-electron chi connectivity index (χ2n) is 13.3. The number of likely N-dealkylation sites (N-methyl/N-ethyl adjacent to an activating group) is 1. The number of benzene rings is 3. The number of amides is 1. The van der Waals surface area contributed by atoms with Gasteiger partial charge in [0.2, 0.25) is 5.43 Å². The summed E-state index contributed by atoms with van der Waals surface area (Å²) in [5, 5.41) is 8.04. The molecule has 2 fully saturated rings. The zero-order chi connectivity index (χ0) is 33.5. The second-order valence-corrected chi connectivity index (χ2v) is 13.3. The first-order valence-corrected chi connectivity index (χ1v) is 17.2. The Morgan fingerprint density at radius 2 is 1.73 bits per heavy atom. The Labute approximate surface area is 283 Å². The number of furan rings is 1. The molecule has 0 bridgehead atoms. The number of pyridine rings is 1. The third kappa shape index (κ3) is 6.14. The summed E-state index contributed by atoms with van der Waals surface area (Å²) in [4.78, 5) is 34.3. The lowest BCUT2D eigenvalue weighted by atomic mass is 10.0. The fraction of sp³-hybridized carbons (Fsp3) is 0.405. The van der Waals surface area contributed by atoms with E-state index in [-0.39, 0.29) is 22.4 Å². The van der Waals surface area contributed by atoms with E-state index in [9.17, 15) is 9.59 Å². The van der Waals surface area contributed by atoms with Crippen molar-refractivity contribution in [2.75, 3.05) is 84.6 Å². The SMILES string of the molecule is CN1CCN(CCCNc2c(F)cc3c(=O)c(C(=O)NCCCN4CCCOC4)cn4c3c2Oc2cc3c(cc2-4)oc2ccccc23)CC1. The van der Waals surface area contributed by atoms with Crippen molar-refractivity contribution in [3.05, 3.63) is 70.3 Å². The van der Waals surface area contributed by atoms with Crippen LogP contribution in [0.15, 0.2) is 57.9 Å². The van der Waals surface area contributed by atoms with Crippen molar-refractivity contribution < 1.29 is 23.1 Å². The molecule has 3 aliphatic heterocycles. The molecule has 8 rings (SSSR count). The van der Waals surface area contributed by atoms with E-state index >= 15 is 4.39 Å². The molecule has 2 aromatic heterocycles. The summed E-state index contributed by atoms with van der Waals surface area (Å²) in [5.74, 6) is -0.415. The van der Waals surface area contributed by atoms with E-state index in [1.165, 1.54) is 6.07 Å². The van der Waals surface area contributed by atoms with Gasteiger partial charge in [-0.25, -0.2) is 4.39 Å². The van der Waals surface area contributed by atoms with E-state index in [1.807, 2.05) is 36.4 Å². The third-order valence-corrected chi connectivity index (χ3v) is 9.89. The molecule has 2 N–H and O–H groups in total. The lowest BCUT2D eigenvalue weighted by Crippen LogP contribution is -2.44. The fourth-order valence-electron chi connectivity index (χ4n) is 7.17. The Balaban J connectivity index is 1.14. The molecule has 0 atom stereocenters. The first-order valence-electron chi connectivity index (χ1n) is 17.2. The Morgan fingerprint density at radius 3 is 2.57 bits per heavy atom. The van der Waals surface area contributed by atoms with E-state index < -0.39 is 17.2 Å². The molecular weight excluding hydrogens is 627 g/mol. The monoisotopic (exact) mass is 668 g/mol. The van der Waals surface area contributed by atoms with Gasteiger partial charge in [-0.1, -0.05) is 18.2 Å². The Morgan fingerprint density at radius 1 is 0.918 bits per heavy atom. The quantitative estimate of drug-likeness (QED) is 0.196. The molecule has 0 saturated carbocycles. The van der Waals surface area contributed by atoms with Gasteiger partial charge in [-0.15, -0.1) is 0 Å². The molecule has 0 aliphatic carbocycles. The number of aromatic nitrogens is 1. The van der Waals surface area contributed by atoms with Crippen LogP contribution in [0.1, 0.15) is 29.6 Å². The van der Waals surface area contributed by atoms with Crippen molar-refractivity contribution in [1.29, 1.82) is 0 Å². The Bertz CT molecular complexity index is 2100. The zero-order valence-corrected chi connectivity index (χ0v) is 27.7. The molecule has 1 amide bonds. The van der Waals surface area contributed by atoms with Gasteiger partial charge < -0.3 is 38.9 Å². The van der Waals surface area contributed by atoms with Gasteiger partial charge in [0, 0.05) is 82.0 Å². The minimum atomic E-state index is -0.606. The van der Waals surface area contributed by atoms with Crippen LogP contribution in [0, 0.1) is 5.82 Å². The van der Waals surface area contributed by atoms with Crippen molar-refractivity contribution in [3.8, 4) is 17.2 Å². The summed E-state index contributed by atoms with van der Waals surface area (Å²) in [6.45, 7) is 9.01. The molecule has 3 aliphatic rings. The van der Waals surface area contributed by atoms with Gasteiger partial charge in [0.25, 0.3) is 5.91 Å². The van der Waals surface area contributed by atoms with Crippen molar-refractivity contribution in [2.24, 2.45) is 0 Å². The van der Waals surface area contributed by atoms with Crippen molar-refractivity contribution in [3.63, 3.8) is 0 Å². The van der Waals surface area contributed by atoms with Crippen LogP contribution in [-0.2, 0) is 4.74 Å². The number of anilines is 1. The summed E-state index contributed by atoms with van der Waals surface area (Å²) in [5.41, 5.74) is 1.94. The number of ether oxygens (including phenoxy) is 2. The fourth-order valence-corrected chi connectivity index (χ4v) is 7.17. The number of hydrogen-bond donors (Lipinski definition) is 2. The molecule has 12 heteroatoms. The number of piperazine rings is 1. The smallest absolute Gasteiger partial charge is 0.256 e. The Kier molecular flexibility index (Phi) is 8.71. The van der Waals surface area contributed by atoms with Gasteiger partial charge in [-0.2, -0.15) is 0 Å². The van der Waals surface area contributed by atoms with E-state index in [0.717, 1.165) is 81.6 Å². The van der Waals surface area contributed by atoms with Gasteiger partial charge in [0.05, 0.1) is 17.8 Å². The number of carbonyl (C=O) groups excluding carboxylic acids is 1. The number of carbonyl (C=O) groups is 1. The molecule has 0 spiro atoms. The van der Waals surface area contributed by atoms with Gasteiger partial charge >= 0.3 is 0 Å². The highest BCUT2D eigenvalue weighted by atomic mass is 19.1. The topological polar surface area (TPSA) is 104 Å².